The number of aryl methyl sites for hydroxylation is 1. The molecular formula is C26H23Cl2FN4O4S. The Morgan fingerprint density at radius 1 is 1.11 bits per heavy atom. The molecule has 12 heteroatoms. The molecule has 0 spiro atoms. The van der Waals surface area contributed by atoms with Gasteiger partial charge in [0.1, 0.15) is 23.5 Å². The Balaban J connectivity index is 1.67. The summed E-state index contributed by atoms with van der Waals surface area (Å²) < 4.78 is 27.0. The van der Waals surface area contributed by atoms with Gasteiger partial charge in [0, 0.05) is 15.6 Å². The Hall–Kier alpha value is -3.34. The van der Waals surface area contributed by atoms with Crippen molar-refractivity contribution in [2.24, 2.45) is 0 Å². The molecule has 0 bridgehead atoms. The van der Waals surface area contributed by atoms with E-state index in [0.717, 1.165) is 5.69 Å². The minimum atomic E-state index is -0.673. The second-order valence-electron chi connectivity index (χ2n) is 8.15. The van der Waals surface area contributed by atoms with Gasteiger partial charge in [-0.15, -0.1) is 10.2 Å². The van der Waals surface area contributed by atoms with E-state index in [4.69, 9.17) is 32.7 Å². The maximum atomic E-state index is 13.6. The molecule has 0 aliphatic carbocycles. The molecule has 0 saturated heterocycles. The van der Waals surface area contributed by atoms with E-state index in [0.29, 0.717) is 39.5 Å². The molecule has 0 fully saturated rings. The predicted octanol–water partition coefficient (Wildman–Crippen LogP) is 7.11. The van der Waals surface area contributed by atoms with E-state index in [2.05, 4.69) is 10.2 Å². The van der Waals surface area contributed by atoms with Crippen LogP contribution >= 0.6 is 35.0 Å². The first-order valence-electron chi connectivity index (χ1n) is 11.5. The molecule has 1 aromatic heterocycles. The molecule has 1 heterocycles. The minimum absolute atomic E-state index is 0.0629. The van der Waals surface area contributed by atoms with Gasteiger partial charge >= 0.3 is 0 Å². The van der Waals surface area contributed by atoms with Crippen molar-refractivity contribution < 1.29 is 18.8 Å². The highest BCUT2D eigenvalue weighted by Crippen LogP contribution is 2.43. The van der Waals surface area contributed by atoms with E-state index < -0.39 is 16.7 Å². The number of rotatable bonds is 11. The van der Waals surface area contributed by atoms with Crippen LogP contribution in [0.2, 0.25) is 10.0 Å². The summed E-state index contributed by atoms with van der Waals surface area (Å²) in [5.74, 6) is 0.838. The highest BCUT2D eigenvalue weighted by atomic mass is 35.5. The number of thioether (sulfide) groups is 1. The Kier molecular flexibility index (Phi) is 9.09. The SMILES string of the molecule is CCOc1cc([C@H](C[N+](=O)[O-])Sc2nnc(C)n2-c2ccc(Cl)cc2)cc(Cl)c1OCc1cccc(F)c1. The largest absolute Gasteiger partial charge is 0.490 e. The molecule has 0 aliphatic rings. The molecule has 38 heavy (non-hydrogen) atoms. The molecule has 4 aromatic rings. The van der Waals surface area contributed by atoms with E-state index in [9.17, 15) is 14.5 Å². The van der Waals surface area contributed by atoms with Gasteiger partial charge in [0.15, 0.2) is 16.7 Å². The van der Waals surface area contributed by atoms with Crippen LogP contribution in [0.5, 0.6) is 11.5 Å². The smallest absolute Gasteiger partial charge is 0.220 e. The van der Waals surface area contributed by atoms with Crippen molar-refractivity contribution in [1.29, 1.82) is 0 Å². The highest BCUT2D eigenvalue weighted by molar-refractivity contribution is 7.99. The fourth-order valence-corrected chi connectivity index (χ4v) is 5.29. The van der Waals surface area contributed by atoms with E-state index >= 15 is 0 Å². The van der Waals surface area contributed by atoms with Crippen LogP contribution in [0.15, 0.2) is 65.8 Å². The fraction of sp³-hybridized carbons (Fsp3) is 0.231. The van der Waals surface area contributed by atoms with Crippen molar-refractivity contribution in [3.63, 3.8) is 0 Å². The maximum Gasteiger partial charge on any atom is 0.220 e. The molecule has 0 radical (unpaired) electrons. The zero-order chi connectivity index (χ0) is 27.2. The average Bonchev–Trinajstić information content (AvgIpc) is 3.23. The van der Waals surface area contributed by atoms with Crippen molar-refractivity contribution >= 4 is 35.0 Å². The number of halogens is 3. The summed E-state index contributed by atoms with van der Waals surface area (Å²) in [5, 5.41) is 20.7. The van der Waals surface area contributed by atoms with Crippen molar-refractivity contribution in [2.75, 3.05) is 13.2 Å². The molecule has 0 saturated carbocycles. The van der Waals surface area contributed by atoms with Gasteiger partial charge in [-0.05, 0) is 73.5 Å². The van der Waals surface area contributed by atoms with E-state index in [1.54, 1.807) is 54.8 Å². The first-order chi connectivity index (χ1) is 18.2. The number of hydrogen-bond donors (Lipinski definition) is 0. The molecule has 4 rings (SSSR count). The van der Waals surface area contributed by atoms with Gasteiger partial charge in [-0.2, -0.15) is 0 Å². The summed E-state index contributed by atoms with van der Waals surface area (Å²) in [4.78, 5) is 11.2. The normalized spacial score (nSPS) is 11.8. The van der Waals surface area contributed by atoms with Gasteiger partial charge in [-0.1, -0.05) is 47.1 Å². The lowest BCUT2D eigenvalue weighted by atomic mass is 10.1. The molecular weight excluding hydrogens is 554 g/mol. The number of nitrogens with zero attached hydrogens (tertiary/aromatic N) is 4. The summed E-state index contributed by atoms with van der Waals surface area (Å²) in [7, 11) is 0. The summed E-state index contributed by atoms with van der Waals surface area (Å²) in [6.07, 6.45) is 0. The molecule has 0 aliphatic heterocycles. The van der Waals surface area contributed by atoms with Gasteiger partial charge in [-0.3, -0.25) is 14.7 Å². The van der Waals surface area contributed by atoms with E-state index in [-0.39, 0.29) is 23.2 Å². The number of benzene rings is 3. The number of aromatic nitrogens is 3. The van der Waals surface area contributed by atoms with E-state index in [1.807, 2.05) is 12.1 Å². The third-order valence-electron chi connectivity index (χ3n) is 5.42. The maximum absolute atomic E-state index is 13.6. The van der Waals surface area contributed by atoms with Crippen LogP contribution in [-0.4, -0.2) is 32.8 Å². The molecule has 198 valence electrons. The zero-order valence-electron chi connectivity index (χ0n) is 20.4. The lowest BCUT2D eigenvalue weighted by molar-refractivity contribution is -0.479. The average molecular weight is 577 g/mol. The van der Waals surface area contributed by atoms with Crippen LogP contribution in [0.25, 0.3) is 5.69 Å². The Labute approximate surface area is 232 Å². The predicted molar refractivity (Wildman–Crippen MR) is 145 cm³/mol. The standard InChI is InChI=1S/C26H23Cl2FN4O4S/c1-3-36-23-13-18(12-22(28)25(23)37-15-17-5-4-6-20(29)11-17)24(14-32(34)35)38-26-31-30-16(2)33(26)21-9-7-19(27)8-10-21/h4-13,24H,3,14-15H2,1-2H3/t24-/m0/s1. The second kappa shape index (κ2) is 12.5. The van der Waals surface area contributed by atoms with Gasteiger partial charge in [0.05, 0.1) is 11.6 Å². The van der Waals surface area contributed by atoms with Crippen LogP contribution in [0.4, 0.5) is 4.39 Å². The zero-order valence-corrected chi connectivity index (χ0v) is 22.8. The van der Waals surface area contributed by atoms with Gasteiger partial charge in [0.25, 0.3) is 0 Å². The summed E-state index contributed by atoms with van der Waals surface area (Å²) >= 11 is 13.8. The molecule has 3 aromatic carbocycles. The first-order valence-corrected chi connectivity index (χ1v) is 13.2. The van der Waals surface area contributed by atoms with E-state index in [1.165, 1.54) is 23.9 Å². The third kappa shape index (κ3) is 6.75. The van der Waals surface area contributed by atoms with Crippen LogP contribution in [0, 0.1) is 22.9 Å². The fourth-order valence-electron chi connectivity index (χ4n) is 3.74. The third-order valence-corrected chi connectivity index (χ3v) is 7.13. The monoisotopic (exact) mass is 576 g/mol. The van der Waals surface area contributed by atoms with Crippen molar-refractivity contribution in [1.82, 2.24) is 14.8 Å². The van der Waals surface area contributed by atoms with Crippen molar-refractivity contribution in [3.05, 3.63) is 104 Å². The quantitative estimate of drug-likeness (QED) is 0.107. The van der Waals surface area contributed by atoms with Gasteiger partial charge < -0.3 is 9.47 Å². The first kappa shape index (κ1) is 27.7. The van der Waals surface area contributed by atoms with Gasteiger partial charge in [-0.25, -0.2) is 4.39 Å². The molecule has 8 nitrogen and oxygen atoms in total. The lowest BCUT2D eigenvalue weighted by Gasteiger charge is -2.19. The minimum Gasteiger partial charge on any atom is -0.490 e. The second-order valence-corrected chi connectivity index (χ2v) is 10.2. The van der Waals surface area contributed by atoms with Crippen LogP contribution in [0.1, 0.15) is 29.1 Å². The molecule has 0 N–H and O–H groups in total. The summed E-state index contributed by atoms with van der Waals surface area (Å²) in [6.45, 7) is 3.57. The Bertz CT molecular complexity index is 1440. The summed E-state index contributed by atoms with van der Waals surface area (Å²) in [5.41, 5.74) is 1.95. The highest BCUT2D eigenvalue weighted by Gasteiger charge is 2.26. The Morgan fingerprint density at radius 2 is 1.87 bits per heavy atom. The van der Waals surface area contributed by atoms with Crippen LogP contribution in [0.3, 0.4) is 0 Å². The van der Waals surface area contributed by atoms with Crippen molar-refractivity contribution in [3.8, 4) is 17.2 Å². The number of ether oxygens (including phenoxy) is 2. The molecule has 0 unspecified atom stereocenters. The van der Waals surface area contributed by atoms with Crippen LogP contribution < -0.4 is 9.47 Å². The Morgan fingerprint density at radius 3 is 2.55 bits per heavy atom. The topological polar surface area (TPSA) is 92.3 Å². The van der Waals surface area contributed by atoms with Gasteiger partial charge in [0.2, 0.25) is 6.54 Å². The molecule has 1 atom stereocenters. The summed E-state index contributed by atoms with van der Waals surface area (Å²) in [6, 6.07) is 16.5. The van der Waals surface area contributed by atoms with Crippen molar-refractivity contribution in [2.45, 2.75) is 30.9 Å². The molecule has 0 amide bonds. The lowest BCUT2D eigenvalue weighted by Crippen LogP contribution is -2.12. The number of hydrogen-bond acceptors (Lipinski definition) is 7. The number of nitro groups is 1. The van der Waals surface area contributed by atoms with Crippen LogP contribution in [-0.2, 0) is 6.61 Å².